The average Bonchev–Trinajstić information content (AvgIpc) is 2.46. The quantitative estimate of drug-likeness (QED) is 0.407. The van der Waals surface area contributed by atoms with Crippen molar-refractivity contribution in [3.8, 4) is 0 Å². The molecule has 0 saturated carbocycles. The molecule has 0 bridgehead atoms. The van der Waals surface area contributed by atoms with Gasteiger partial charge in [-0.2, -0.15) is 0 Å². The lowest BCUT2D eigenvalue weighted by Crippen LogP contribution is -1.93. The van der Waals surface area contributed by atoms with Gasteiger partial charge in [0.25, 0.3) is 0 Å². The maximum atomic E-state index is 11.9. The second-order valence-corrected chi connectivity index (χ2v) is 5.50. The van der Waals surface area contributed by atoms with Crippen LogP contribution >= 0.6 is 27.5 Å². The maximum Gasteiger partial charge on any atom is 0.185 e. The molecule has 0 heterocycles. The molecule has 100 valence electrons. The molecule has 20 heavy (non-hydrogen) atoms. The molecule has 0 amide bonds. The van der Waals surface area contributed by atoms with E-state index in [2.05, 4.69) is 15.9 Å². The predicted molar refractivity (Wildman–Crippen MR) is 87.9 cm³/mol. The van der Waals surface area contributed by atoms with Crippen molar-refractivity contribution in [2.45, 2.75) is 0 Å². The number of hydrogen-bond acceptors (Lipinski definition) is 1. The van der Waals surface area contributed by atoms with E-state index in [9.17, 15) is 4.79 Å². The molecule has 0 aromatic heterocycles. The van der Waals surface area contributed by atoms with Crippen LogP contribution < -0.4 is 0 Å². The molecule has 0 saturated heterocycles. The van der Waals surface area contributed by atoms with Crippen molar-refractivity contribution >= 4 is 39.4 Å². The Labute approximate surface area is 131 Å². The molecular weight excluding hydrogens is 336 g/mol. The highest BCUT2D eigenvalue weighted by molar-refractivity contribution is 9.10. The molecule has 0 radical (unpaired) electrons. The van der Waals surface area contributed by atoms with Crippen LogP contribution in [0, 0.1) is 0 Å². The first-order valence-electron chi connectivity index (χ1n) is 6.05. The summed E-state index contributed by atoms with van der Waals surface area (Å²) in [6.45, 7) is 0. The third kappa shape index (κ3) is 4.48. The van der Waals surface area contributed by atoms with Crippen LogP contribution in [0.3, 0.4) is 0 Å². The summed E-state index contributed by atoms with van der Waals surface area (Å²) in [5.41, 5.74) is 1.63. The normalized spacial score (nSPS) is 11.8. The Kier molecular flexibility index (Phi) is 5.33. The molecule has 2 aromatic carbocycles. The van der Waals surface area contributed by atoms with Crippen molar-refractivity contribution in [3.63, 3.8) is 0 Å². The fourth-order valence-corrected chi connectivity index (χ4v) is 2.08. The molecule has 0 aliphatic rings. The summed E-state index contributed by atoms with van der Waals surface area (Å²) < 4.78 is 0.944. The molecule has 2 aromatic rings. The van der Waals surface area contributed by atoms with Gasteiger partial charge in [-0.05, 0) is 48.1 Å². The molecular formula is C17H12BrClO. The number of benzene rings is 2. The SMILES string of the molecule is O=C(/C=C/C(Cl)=C/c1ccccc1)c1ccc(Br)cc1. The molecule has 0 aliphatic heterocycles. The van der Waals surface area contributed by atoms with Gasteiger partial charge in [-0.15, -0.1) is 0 Å². The number of hydrogen-bond donors (Lipinski definition) is 0. The van der Waals surface area contributed by atoms with E-state index in [-0.39, 0.29) is 5.78 Å². The van der Waals surface area contributed by atoms with Gasteiger partial charge in [-0.1, -0.05) is 57.9 Å². The third-order valence-electron chi connectivity index (χ3n) is 2.63. The van der Waals surface area contributed by atoms with Gasteiger partial charge >= 0.3 is 0 Å². The first-order valence-corrected chi connectivity index (χ1v) is 7.22. The fourth-order valence-electron chi connectivity index (χ4n) is 1.62. The van der Waals surface area contributed by atoms with E-state index in [1.807, 2.05) is 48.5 Å². The Morgan fingerprint density at radius 1 is 0.950 bits per heavy atom. The Bertz CT molecular complexity index is 642. The highest BCUT2D eigenvalue weighted by Gasteiger charge is 2.00. The number of ketones is 1. The largest absolute Gasteiger partial charge is 0.289 e. The van der Waals surface area contributed by atoms with Crippen LogP contribution in [0.25, 0.3) is 6.08 Å². The van der Waals surface area contributed by atoms with E-state index in [1.54, 1.807) is 18.2 Å². The van der Waals surface area contributed by atoms with Gasteiger partial charge in [0.2, 0.25) is 0 Å². The Hall–Kier alpha value is -1.64. The maximum absolute atomic E-state index is 11.9. The van der Waals surface area contributed by atoms with Gasteiger partial charge in [0, 0.05) is 15.1 Å². The van der Waals surface area contributed by atoms with Crippen molar-refractivity contribution in [2.24, 2.45) is 0 Å². The Morgan fingerprint density at radius 3 is 2.25 bits per heavy atom. The molecule has 0 aliphatic carbocycles. The van der Waals surface area contributed by atoms with E-state index in [0.717, 1.165) is 10.0 Å². The molecule has 0 unspecified atom stereocenters. The minimum absolute atomic E-state index is 0.0721. The van der Waals surface area contributed by atoms with Gasteiger partial charge in [-0.25, -0.2) is 0 Å². The smallest absolute Gasteiger partial charge is 0.185 e. The average molecular weight is 348 g/mol. The third-order valence-corrected chi connectivity index (χ3v) is 3.39. The predicted octanol–water partition coefficient (Wildman–Crippen LogP) is 5.47. The molecule has 0 atom stereocenters. The van der Waals surface area contributed by atoms with Crippen molar-refractivity contribution in [2.75, 3.05) is 0 Å². The summed E-state index contributed by atoms with van der Waals surface area (Å²) in [5.74, 6) is -0.0721. The molecule has 2 rings (SSSR count). The zero-order chi connectivity index (χ0) is 14.4. The lowest BCUT2D eigenvalue weighted by molar-refractivity contribution is 0.104. The van der Waals surface area contributed by atoms with Crippen molar-refractivity contribution in [3.05, 3.63) is 87.4 Å². The number of carbonyl (C=O) groups is 1. The molecule has 3 heteroatoms. The molecule has 0 N–H and O–H groups in total. The van der Waals surface area contributed by atoms with Crippen molar-refractivity contribution in [1.82, 2.24) is 0 Å². The van der Waals surface area contributed by atoms with E-state index in [4.69, 9.17) is 11.6 Å². The van der Waals surface area contributed by atoms with Crippen LogP contribution in [0.1, 0.15) is 15.9 Å². The van der Waals surface area contributed by atoms with Crippen LogP contribution in [-0.2, 0) is 0 Å². The van der Waals surface area contributed by atoms with Gasteiger partial charge in [0.1, 0.15) is 0 Å². The number of halogens is 2. The highest BCUT2D eigenvalue weighted by atomic mass is 79.9. The topological polar surface area (TPSA) is 17.1 Å². The van der Waals surface area contributed by atoms with Crippen LogP contribution in [0.15, 0.2) is 76.3 Å². The lowest BCUT2D eigenvalue weighted by Gasteiger charge is -1.96. The van der Waals surface area contributed by atoms with Crippen LogP contribution in [0.4, 0.5) is 0 Å². The second-order valence-electron chi connectivity index (χ2n) is 4.14. The highest BCUT2D eigenvalue weighted by Crippen LogP contribution is 2.14. The zero-order valence-corrected chi connectivity index (χ0v) is 12.9. The summed E-state index contributed by atoms with van der Waals surface area (Å²) >= 11 is 9.42. The fraction of sp³-hybridized carbons (Fsp3) is 0. The van der Waals surface area contributed by atoms with Crippen LogP contribution in [0.5, 0.6) is 0 Å². The summed E-state index contributed by atoms with van der Waals surface area (Å²) in [5, 5.41) is 0.515. The Morgan fingerprint density at radius 2 is 1.60 bits per heavy atom. The minimum atomic E-state index is -0.0721. The van der Waals surface area contributed by atoms with Gasteiger partial charge in [0.05, 0.1) is 0 Å². The second kappa shape index (κ2) is 7.22. The first-order chi connectivity index (χ1) is 9.65. The number of allylic oxidation sites excluding steroid dienone is 3. The lowest BCUT2D eigenvalue weighted by atomic mass is 10.1. The van der Waals surface area contributed by atoms with E-state index >= 15 is 0 Å². The van der Waals surface area contributed by atoms with Crippen molar-refractivity contribution in [1.29, 1.82) is 0 Å². The van der Waals surface area contributed by atoms with Crippen LogP contribution in [0.2, 0.25) is 0 Å². The van der Waals surface area contributed by atoms with Crippen molar-refractivity contribution < 1.29 is 4.79 Å². The zero-order valence-electron chi connectivity index (χ0n) is 10.6. The molecule has 0 spiro atoms. The van der Waals surface area contributed by atoms with Gasteiger partial charge < -0.3 is 0 Å². The Balaban J connectivity index is 2.07. The number of carbonyl (C=O) groups excluding carboxylic acids is 1. The van der Waals surface area contributed by atoms with Gasteiger partial charge in [0.15, 0.2) is 5.78 Å². The summed E-state index contributed by atoms with van der Waals surface area (Å²) in [7, 11) is 0. The number of rotatable bonds is 4. The van der Waals surface area contributed by atoms with E-state index < -0.39 is 0 Å². The first kappa shape index (κ1) is 14.8. The van der Waals surface area contributed by atoms with Gasteiger partial charge in [-0.3, -0.25) is 4.79 Å². The standard InChI is InChI=1S/C17H12BrClO/c18-15-8-6-14(7-9-15)17(20)11-10-16(19)12-13-4-2-1-3-5-13/h1-12H/b11-10+,16-12-. The summed E-state index contributed by atoms with van der Waals surface area (Å²) in [6, 6.07) is 16.9. The molecule has 1 nitrogen and oxygen atoms in total. The minimum Gasteiger partial charge on any atom is -0.289 e. The van der Waals surface area contributed by atoms with Crippen LogP contribution in [-0.4, -0.2) is 5.78 Å². The summed E-state index contributed by atoms with van der Waals surface area (Å²) in [4.78, 5) is 11.9. The van der Waals surface area contributed by atoms with E-state index in [1.165, 1.54) is 6.08 Å². The van der Waals surface area contributed by atoms with E-state index in [0.29, 0.717) is 10.6 Å². The summed E-state index contributed by atoms with van der Waals surface area (Å²) in [6.07, 6.45) is 4.90. The molecule has 0 fully saturated rings. The monoisotopic (exact) mass is 346 g/mol.